The number of amides is 1. The van der Waals surface area contributed by atoms with Crippen molar-refractivity contribution in [1.29, 1.82) is 0 Å². The number of fused-ring (bicyclic) bond motifs is 1. The molecule has 0 aromatic heterocycles. The highest BCUT2D eigenvalue weighted by Crippen LogP contribution is 2.25. The van der Waals surface area contributed by atoms with Gasteiger partial charge in [0.25, 0.3) is 5.91 Å². The molecule has 4 rings (SSSR count). The summed E-state index contributed by atoms with van der Waals surface area (Å²) in [7, 11) is 0. The Bertz CT molecular complexity index is 1070. The molecule has 1 amide bonds. The van der Waals surface area contributed by atoms with Gasteiger partial charge in [-0.3, -0.25) is 4.79 Å². The van der Waals surface area contributed by atoms with Gasteiger partial charge < -0.3 is 4.90 Å². The molecule has 1 aliphatic heterocycles. The van der Waals surface area contributed by atoms with Crippen LogP contribution in [0.5, 0.6) is 0 Å². The molecule has 5 heteroatoms. The molecule has 28 heavy (non-hydrogen) atoms. The molecule has 0 atom stereocenters. The van der Waals surface area contributed by atoms with Gasteiger partial charge in [-0.15, -0.1) is 0 Å². The van der Waals surface area contributed by atoms with Crippen LogP contribution in [0.4, 0.5) is 17.1 Å². The highest BCUT2D eigenvalue weighted by Gasteiger charge is 2.25. The maximum atomic E-state index is 12.8. The summed E-state index contributed by atoms with van der Waals surface area (Å²) in [4.78, 5) is 19.5. The number of carbonyl (C=O) groups excluding carboxylic acids is 1. The third-order valence-electron chi connectivity index (χ3n) is 4.91. The van der Waals surface area contributed by atoms with Crippen LogP contribution in [0.25, 0.3) is 10.8 Å². The van der Waals surface area contributed by atoms with Gasteiger partial charge in [0.2, 0.25) is 0 Å². The van der Waals surface area contributed by atoms with Crippen molar-refractivity contribution in [3.63, 3.8) is 0 Å². The lowest BCUT2D eigenvalue weighted by atomic mass is 10.1. The van der Waals surface area contributed by atoms with Crippen LogP contribution < -0.4 is 9.91 Å². The lowest BCUT2D eigenvalue weighted by Gasteiger charge is -2.20. The molecule has 0 aliphatic carbocycles. The van der Waals surface area contributed by atoms with Crippen molar-refractivity contribution in [3.05, 3.63) is 66.7 Å². The van der Waals surface area contributed by atoms with Crippen molar-refractivity contribution in [3.8, 4) is 0 Å². The van der Waals surface area contributed by atoms with E-state index in [0.717, 1.165) is 40.9 Å². The van der Waals surface area contributed by atoms with E-state index in [-0.39, 0.29) is 5.91 Å². The van der Waals surface area contributed by atoms with Gasteiger partial charge >= 0.3 is 0 Å². The summed E-state index contributed by atoms with van der Waals surface area (Å²) in [5.74, 6) is -0.219. The fraction of sp³-hybridized carbons (Fsp3) is 0.174. The molecule has 5 nitrogen and oxygen atoms in total. The molecule has 0 fully saturated rings. The topological polar surface area (TPSA) is 48.3 Å². The van der Waals surface area contributed by atoms with Gasteiger partial charge in [0, 0.05) is 18.8 Å². The zero-order valence-corrected chi connectivity index (χ0v) is 16.0. The van der Waals surface area contributed by atoms with Crippen molar-refractivity contribution in [2.45, 2.75) is 13.8 Å². The maximum Gasteiger partial charge on any atom is 0.298 e. The third-order valence-corrected chi connectivity index (χ3v) is 4.91. The highest BCUT2D eigenvalue weighted by molar-refractivity contribution is 6.66. The first-order valence-electron chi connectivity index (χ1n) is 9.50. The van der Waals surface area contributed by atoms with E-state index in [1.807, 2.05) is 66.7 Å². The van der Waals surface area contributed by atoms with Gasteiger partial charge in [-0.25, -0.2) is 4.99 Å². The van der Waals surface area contributed by atoms with E-state index < -0.39 is 0 Å². The standard InChI is InChI=1S/C23H22N4O/c1-3-26(4-2)20-13-10-19(11-14-20)25-22-16-24-27(23(22)28)21-12-9-17-7-5-6-8-18(17)15-21/h5-16H,3-4H2,1-2H3. The summed E-state index contributed by atoms with van der Waals surface area (Å²) in [5, 5.41) is 7.86. The molecule has 140 valence electrons. The summed E-state index contributed by atoms with van der Waals surface area (Å²) in [6, 6.07) is 21.8. The Morgan fingerprint density at radius 3 is 2.36 bits per heavy atom. The normalized spacial score (nSPS) is 15.0. The second kappa shape index (κ2) is 7.64. The highest BCUT2D eigenvalue weighted by atomic mass is 16.2. The van der Waals surface area contributed by atoms with Gasteiger partial charge in [-0.2, -0.15) is 10.1 Å². The predicted molar refractivity (Wildman–Crippen MR) is 117 cm³/mol. The average Bonchev–Trinajstić information content (AvgIpc) is 3.10. The molecule has 1 aliphatic rings. The predicted octanol–water partition coefficient (Wildman–Crippen LogP) is 4.79. The van der Waals surface area contributed by atoms with Crippen molar-refractivity contribution in [1.82, 2.24) is 0 Å². The number of nitrogens with zero attached hydrogens (tertiary/aromatic N) is 4. The summed E-state index contributed by atoms with van der Waals surface area (Å²) in [5.41, 5.74) is 2.97. The summed E-state index contributed by atoms with van der Waals surface area (Å²) in [6.45, 7) is 6.17. The molecule has 3 aromatic rings. The number of benzene rings is 3. The Kier molecular flexibility index (Phi) is 4.89. The van der Waals surface area contributed by atoms with Crippen molar-refractivity contribution in [2.24, 2.45) is 10.1 Å². The molecule has 1 heterocycles. The third kappa shape index (κ3) is 3.39. The van der Waals surface area contributed by atoms with Crippen molar-refractivity contribution in [2.75, 3.05) is 23.0 Å². The second-order valence-corrected chi connectivity index (χ2v) is 6.58. The van der Waals surface area contributed by atoms with Crippen molar-refractivity contribution < 1.29 is 4.79 Å². The molecular formula is C23H22N4O. The van der Waals surface area contributed by atoms with Crippen LogP contribution in [0, 0.1) is 0 Å². The van der Waals surface area contributed by atoms with E-state index in [9.17, 15) is 4.79 Å². The number of hydrogen-bond donors (Lipinski definition) is 0. The molecule has 0 saturated carbocycles. The maximum absolute atomic E-state index is 12.8. The number of rotatable bonds is 5. The lowest BCUT2D eigenvalue weighted by molar-refractivity contribution is -0.112. The van der Waals surface area contributed by atoms with Gasteiger partial charge in [-0.05, 0) is 61.0 Å². The SMILES string of the molecule is CCN(CC)c1ccc(N=C2C=NN(c3ccc4ccccc4c3)C2=O)cc1. The van der Waals surface area contributed by atoms with Crippen LogP contribution in [0.2, 0.25) is 0 Å². The van der Waals surface area contributed by atoms with Crippen LogP contribution in [0.15, 0.2) is 76.8 Å². The van der Waals surface area contributed by atoms with Gasteiger partial charge in [0.1, 0.15) is 0 Å². The fourth-order valence-corrected chi connectivity index (χ4v) is 3.36. The zero-order chi connectivity index (χ0) is 19.5. The molecule has 0 unspecified atom stereocenters. The van der Waals surface area contributed by atoms with Crippen molar-refractivity contribution >= 4 is 45.7 Å². The first-order chi connectivity index (χ1) is 13.7. The number of anilines is 2. The Morgan fingerprint density at radius 1 is 0.929 bits per heavy atom. The Morgan fingerprint density at radius 2 is 1.64 bits per heavy atom. The lowest BCUT2D eigenvalue weighted by Crippen LogP contribution is -2.25. The number of hydrazone groups is 1. The molecule has 0 radical (unpaired) electrons. The average molecular weight is 370 g/mol. The van der Waals surface area contributed by atoms with Gasteiger partial charge in [-0.1, -0.05) is 30.3 Å². The van der Waals surface area contributed by atoms with Crippen LogP contribution in [-0.4, -0.2) is 30.9 Å². The Labute approximate surface area is 164 Å². The Hall–Kier alpha value is -3.47. The minimum absolute atomic E-state index is 0.219. The Balaban J connectivity index is 1.56. The fourth-order valence-electron chi connectivity index (χ4n) is 3.36. The molecular weight excluding hydrogens is 348 g/mol. The molecule has 0 saturated heterocycles. The quantitative estimate of drug-likeness (QED) is 0.648. The van der Waals surface area contributed by atoms with Crippen LogP contribution in [-0.2, 0) is 4.79 Å². The monoisotopic (exact) mass is 370 g/mol. The summed E-state index contributed by atoms with van der Waals surface area (Å²) < 4.78 is 0. The first kappa shape index (κ1) is 17.9. The molecule has 3 aromatic carbocycles. The largest absolute Gasteiger partial charge is 0.372 e. The summed E-state index contributed by atoms with van der Waals surface area (Å²) >= 11 is 0. The van der Waals surface area contributed by atoms with Crippen LogP contribution in [0.3, 0.4) is 0 Å². The smallest absolute Gasteiger partial charge is 0.298 e. The number of carbonyl (C=O) groups is 1. The number of aliphatic imine (C=N–C) groups is 1. The van der Waals surface area contributed by atoms with Crippen LogP contribution >= 0.6 is 0 Å². The van der Waals surface area contributed by atoms with Gasteiger partial charge in [0.05, 0.1) is 17.6 Å². The minimum atomic E-state index is -0.219. The van der Waals surface area contributed by atoms with E-state index in [4.69, 9.17) is 0 Å². The van der Waals surface area contributed by atoms with E-state index in [1.54, 1.807) is 0 Å². The summed E-state index contributed by atoms with van der Waals surface area (Å²) in [6.07, 6.45) is 1.52. The van der Waals surface area contributed by atoms with E-state index in [1.165, 1.54) is 11.2 Å². The number of hydrogen-bond acceptors (Lipinski definition) is 4. The molecule has 0 spiro atoms. The molecule has 0 bridgehead atoms. The molecule has 0 N–H and O–H groups in total. The van der Waals surface area contributed by atoms with E-state index in [2.05, 4.69) is 28.8 Å². The van der Waals surface area contributed by atoms with Crippen LogP contribution in [0.1, 0.15) is 13.8 Å². The van der Waals surface area contributed by atoms with E-state index in [0.29, 0.717) is 5.71 Å². The minimum Gasteiger partial charge on any atom is -0.372 e. The first-order valence-corrected chi connectivity index (χ1v) is 9.50. The van der Waals surface area contributed by atoms with E-state index >= 15 is 0 Å². The zero-order valence-electron chi connectivity index (χ0n) is 16.0. The second-order valence-electron chi connectivity index (χ2n) is 6.58. The van der Waals surface area contributed by atoms with Gasteiger partial charge in [0.15, 0.2) is 5.71 Å².